The molecule has 2 aromatic rings. The largest absolute Gasteiger partial charge is 0.497 e. The predicted octanol–water partition coefficient (Wildman–Crippen LogP) is 2.18. The van der Waals surface area contributed by atoms with E-state index in [0.717, 1.165) is 17.0 Å². The number of hydrogen-bond acceptors (Lipinski definition) is 3. The van der Waals surface area contributed by atoms with Crippen LogP contribution in [0.5, 0.6) is 5.75 Å². The molecule has 16 heavy (non-hydrogen) atoms. The Kier molecular flexibility index (Phi) is 3.00. The van der Waals surface area contributed by atoms with Gasteiger partial charge in [0.1, 0.15) is 5.75 Å². The van der Waals surface area contributed by atoms with Crippen molar-refractivity contribution in [3.63, 3.8) is 0 Å². The summed E-state index contributed by atoms with van der Waals surface area (Å²) in [5.74, 6) is 0.806. The molecule has 0 spiro atoms. The number of aromatic nitrogens is 2. The number of aliphatic imine (C=N–C) groups is 1. The van der Waals surface area contributed by atoms with Crippen LogP contribution in [0.25, 0.3) is 0 Å². The van der Waals surface area contributed by atoms with E-state index in [1.54, 1.807) is 24.2 Å². The van der Waals surface area contributed by atoms with Gasteiger partial charge in [-0.1, -0.05) is 6.07 Å². The molecule has 0 aliphatic carbocycles. The number of hydrogen-bond donors (Lipinski definition) is 0. The van der Waals surface area contributed by atoms with Crippen LogP contribution < -0.4 is 4.74 Å². The third kappa shape index (κ3) is 2.48. The Hall–Kier alpha value is -2.10. The molecule has 0 aliphatic heterocycles. The van der Waals surface area contributed by atoms with E-state index in [9.17, 15) is 0 Å². The van der Waals surface area contributed by atoms with Crippen LogP contribution in [-0.4, -0.2) is 23.1 Å². The maximum atomic E-state index is 5.12. The second kappa shape index (κ2) is 4.61. The molecule has 0 radical (unpaired) electrons. The molecule has 0 N–H and O–H groups in total. The van der Waals surface area contributed by atoms with Crippen molar-refractivity contribution in [3.05, 3.63) is 42.2 Å². The lowest BCUT2D eigenvalue weighted by molar-refractivity contribution is 0.415. The summed E-state index contributed by atoms with van der Waals surface area (Å²) >= 11 is 0. The van der Waals surface area contributed by atoms with Crippen molar-refractivity contribution >= 4 is 11.9 Å². The summed E-state index contributed by atoms with van der Waals surface area (Å²) in [5, 5.41) is 4.06. The van der Waals surface area contributed by atoms with Crippen LogP contribution in [0, 0.1) is 0 Å². The highest BCUT2D eigenvalue weighted by Gasteiger charge is 1.94. The summed E-state index contributed by atoms with van der Waals surface area (Å²) in [4.78, 5) is 4.34. The van der Waals surface area contributed by atoms with Gasteiger partial charge >= 0.3 is 0 Å². The molecule has 0 unspecified atom stereocenters. The maximum Gasteiger partial charge on any atom is 0.121 e. The number of ether oxygens (including phenoxy) is 1. The average molecular weight is 215 g/mol. The van der Waals surface area contributed by atoms with Crippen molar-refractivity contribution in [3.8, 4) is 5.75 Å². The highest BCUT2D eigenvalue weighted by molar-refractivity contribution is 5.81. The van der Waals surface area contributed by atoms with Crippen molar-refractivity contribution in [1.82, 2.24) is 9.78 Å². The normalized spacial score (nSPS) is 10.9. The van der Waals surface area contributed by atoms with Crippen LogP contribution in [0.1, 0.15) is 5.56 Å². The zero-order valence-corrected chi connectivity index (χ0v) is 9.29. The van der Waals surface area contributed by atoms with Crippen molar-refractivity contribution in [2.24, 2.45) is 12.0 Å². The first-order chi connectivity index (χ1) is 7.78. The van der Waals surface area contributed by atoms with Crippen molar-refractivity contribution in [2.45, 2.75) is 0 Å². The Bertz CT molecular complexity index is 502. The highest BCUT2D eigenvalue weighted by Crippen LogP contribution is 2.19. The second-order valence-electron chi connectivity index (χ2n) is 3.41. The van der Waals surface area contributed by atoms with Gasteiger partial charge in [-0.3, -0.25) is 9.67 Å². The van der Waals surface area contributed by atoms with Gasteiger partial charge in [-0.15, -0.1) is 0 Å². The fourth-order valence-corrected chi connectivity index (χ4v) is 1.35. The van der Waals surface area contributed by atoms with E-state index in [4.69, 9.17) is 4.74 Å². The van der Waals surface area contributed by atoms with E-state index in [1.165, 1.54) is 0 Å². The molecule has 0 bridgehead atoms. The summed E-state index contributed by atoms with van der Waals surface area (Å²) in [6.45, 7) is 0. The van der Waals surface area contributed by atoms with Crippen molar-refractivity contribution < 1.29 is 4.74 Å². The van der Waals surface area contributed by atoms with Gasteiger partial charge in [-0.25, -0.2) is 0 Å². The molecule has 0 amide bonds. The lowest BCUT2D eigenvalue weighted by Crippen LogP contribution is -1.84. The minimum absolute atomic E-state index is 0.806. The van der Waals surface area contributed by atoms with Crippen LogP contribution in [0.2, 0.25) is 0 Å². The molecule has 0 saturated carbocycles. The molecule has 4 nitrogen and oxygen atoms in total. The van der Waals surface area contributed by atoms with E-state index in [2.05, 4.69) is 10.1 Å². The number of nitrogens with zero attached hydrogens (tertiary/aromatic N) is 3. The third-order valence-electron chi connectivity index (χ3n) is 2.14. The molecule has 2 rings (SSSR count). The summed E-state index contributed by atoms with van der Waals surface area (Å²) in [6.07, 6.45) is 5.45. The lowest BCUT2D eigenvalue weighted by atomic mass is 10.3. The Balaban J connectivity index is 2.16. The highest BCUT2D eigenvalue weighted by atomic mass is 16.5. The minimum atomic E-state index is 0.806. The van der Waals surface area contributed by atoms with E-state index in [0.29, 0.717) is 0 Å². The maximum absolute atomic E-state index is 5.12. The number of aryl methyl sites for hydroxylation is 1. The van der Waals surface area contributed by atoms with Gasteiger partial charge in [0.15, 0.2) is 0 Å². The van der Waals surface area contributed by atoms with Crippen LogP contribution in [0.15, 0.2) is 41.7 Å². The molecule has 0 aliphatic rings. The first-order valence-corrected chi connectivity index (χ1v) is 4.95. The zero-order valence-electron chi connectivity index (χ0n) is 9.29. The molecule has 0 saturated heterocycles. The Morgan fingerprint density at radius 1 is 1.44 bits per heavy atom. The monoisotopic (exact) mass is 215 g/mol. The molecule has 0 atom stereocenters. The molecule has 0 fully saturated rings. The quantitative estimate of drug-likeness (QED) is 0.736. The van der Waals surface area contributed by atoms with E-state index in [1.807, 2.05) is 37.5 Å². The fraction of sp³-hybridized carbons (Fsp3) is 0.167. The summed E-state index contributed by atoms with van der Waals surface area (Å²) in [5.41, 5.74) is 1.84. The average Bonchev–Trinajstić information content (AvgIpc) is 2.73. The van der Waals surface area contributed by atoms with Gasteiger partial charge in [0.2, 0.25) is 0 Å². The Morgan fingerprint density at radius 3 is 3.00 bits per heavy atom. The van der Waals surface area contributed by atoms with Gasteiger partial charge in [0, 0.05) is 31.1 Å². The fourth-order valence-electron chi connectivity index (χ4n) is 1.35. The zero-order chi connectivity index (χ0) is 11.4. The van der Waals surface area contributed by atoms with Gasteiger partial charge in [-0.05, 0) is 12.1 Å². The summed E-state index contributed by atoms with van der Waals surface area (Å²) < 4.78 is 6.86. The van der Waals surface area contributed by atoms with Crippen molar-refractivity contribution in [1.29, 1.82) is 0 Å². The van der Waals surface area contributed by atoms with Gasteiger partial charge in [-0.2, -0.15) is 5.10 Å². The minimum Gasteiger partial charge on any atom is -0.497 e. The topological polar surface area (TPSA) is 39.4 Å². The van der Waals surface area contributed by atoms with Gasteiger partial charge < -0.3 is 4.74 Å². The summed E-state index contributed by atoms with van der Waals surface area (Å²) in [7, 11) is 3.52. The van der Waals surface area contributed by atoms with E-state index >= 15 is 0 Å². The molecule has 82 valence electrons. The van der Waals surface area contributed by atoms with E-state index < -0.39 is 0 Å². The number of benzene rings is 1. The van der Waals surface area contributed by atoms with E-state index in [-0.39, 0.29) is 0 Å². The number of rotatable bonds is 3. The molecule has 1 aromatic carbocycles. The lowest BCUT2D eigenvalue weighted by Gasteiger charge is -1.99. The second-order valence-corrected chi connectivity index (χ2v) is 3.41. The molecular formula is C12H13N3O. The molecule has 1 heterocycles. The van der Waals surface area contributed by atoms with Crippen LogP contribution >= 0.6 is 0 Å². The Morgan fingerprint density at radius 2 is 2.31 bits per heavy atom. The Labute approximate surface area is 94.2 Å². The smallest absolute Gasteiger partial charge is 0.121 e. The number of methoxy groups -OCH3 is 1. The first-order valence-electron chi connectivity index (χ1n) is 4.95. The van der Waals surface area contributed by atoms with Crippen LogP contribution in [0.3, 0.4) is 0 Å². The predicted molar refractivity (Wildman–Crippen MR) is 63.5 cm³/mol. The SMILES string of the molecule is COc1cccc(/N=C/c2cnn(C)c2)c1. The standard InChI is InChI=1S/C12H13N3O/c1-15-9-10(8-14-15)7-13-11-4-3-5-12(6-11)16-2/h3-9H,1-2H3/b13-7+. The molecule has 4 heteroatoms. The molecular weight excluding hydrogens is 202 g/mol. The van der Waals surface area contributed by atoms with Crippen LogP contribution in [-0.2, 0) is 7.05 Å². The first kappa shape index (κ1) is 10.4. The third-order valence-corrected chi connectivity index (χ3v) is 2.14. The van der Waals surface area contributed by atoms with Crippen LogP contribution in [0.4, 0.5) is 5.69 Å². The van der Waals surface area contributed by atoms with Gasteiger partial charge in [0.25, 0.3) is 0 Å². The molecule has 1 aromatic heterocycles. The summed E-state index contributed by atoms with van der Waals surface area (Å²) in [6, 6.07) is 7.61. The van der Waals surface area contributed by atoms with Crippen molar-refractivity contribution in [2.75, 3.05) is 7.11 Å². The van der Waals surface area contributed by atoms with Gasteiger partial charge in [0.05, 0.1) is 19.0 Å².